The Morgan fingerprint density at radius 1 is 1.11 bits per heavy atom. The second-order valence-electron chi connectivity index (χ2n) is 9.07. The summed E-state index contributed by atoms with van der Waals surface area (Å²) in [4.78, 5) is 4.16. The Hall–Kier alpha value is -2.66. The molecule has 3 N–H and O–H groups in total. The van der Waals surface area contributed by atoms with E-state index in [4.69, 9.17) is 9.47 Å². The minimum atomic E-state index is -4.43. The molecule has 5 atom stereocenters. The summed E-state index contributed by atoms with van der Waals surface area (Å²) in [6.07, 6.45) is -3.08. The molecule has 1 aliphatic heterocycles. The first-order valence-corrected chi connectivity index (χ1v) is 12.1. The quantitative estimate of drug-likeness (QED) is 0.415. The maximum absolute atomic E-state index is 13.0. The van der Waals surface area contributed by atoms with Gasteiger partial charge in [-0.3, -0.25) is 4.98 Å². The average molecular weight is 565 g/mol. The number of fused-ring (bicyclic) bond motifs is 3. The van der Waals surface area contributed by atoms with Gasteiger partial charge in [0.25, 0.3) is 0 Å². The van der Waals surface area contributed by atoms with E-state index in [0.29, 0.717) is 11.1 Å². The van der Waals surface area contributed by atoms with Crippen LogP contribution in [0.2, 0.25) is 0 Å². The lowest BCUT2D eigenvalue weighted by Gasteiger charge is -2.41. The molecule has 2 aliphatic rings. The molecule has 1 fully saturated rings. The highest BCUT2D eigenvalue weighted by Gasteiger charge is 2.76. The summed E-state index contributed by atoms with van der Waals surface area (Å²) in [6, 6.07) is 16.2. The molecule has 3 aromatic rings. The zero-order valence-corrected chi connectivity index (χ0v) is 20.8. The summed E-state index contributed by atoms with van der Waals surface area (Å²) in [6.45, 7) is -1.45. The molecule has 5 rings (SSSR count). The highest BCUT2D eigenvalue weighted by atomic mass is 79.9. The number of aromatic nitrogens is 1. The fourth-order valence-electron chi connectivity index (χ4n) is 5.84. The number of halogens is 4. The second kappa shape index (κ2) is 9.02. The summed E-state index contributed by atoms with van der Waals surface area (Å²) in [5, 5.41) is 26.8. The van der Waals surface area contributed by atoms with Gasteiger partial charge in [-0.2, -0.15) is 13.2 Å². The molecule has 0 amide bonds. The zero-order valence-electron chi connectivity index (χ0n) is 19.2. The van der Waals surface area contributed by atoms with Crippen LogP contribution in [0.5, 0.6) is 11.5 Å². The summed E-state index contributed by atoms with van der Waals surface area (Å²) in [5.74, 6) is -1.14. The number of aliphatic hydroxyl groups is 2. The molecule has 1 aromatic heterocycles. The van der Waals surface area contributed by atoms with Crippen LogP contribution in [0.3, 0.4) is 0 Å². The molecule has 36 heavy (non-hydrogen) atoms. The van der Waals surface area contributed by atoms with Crippen LogP contribution in [0.15, 0.2) is 71.5 Å². The lowest BCUT2D eigenvalue weighted by atomic mass is 9.70. The number of rotatable bonds is 6. The zero-order chi connectivity index (χ0) is 25.7. The van der Waals surface area contributed by atoms with Crippen molar-refractivity contribution in [1.29, 1.82) is 0 Å². The minimum Gasteiger partial charge on any atom is -0.495 e. The number of pyridine rings is 1. The van der Waals surface area contributed by atoms with Gasteiger partial charge in [0.05, 0.1) is 37.7 Å². The first-order valence-electron chi connectivity index (χ1n) is 11.3. The van der Waals surface area contributed by atoms with E-state index in [9.17, 15) is 23.4 Å². The first-order chi connectivity index (χ1) is 17.1. The van der Waals surface area contributed by atoms with Crippen molar-refractivity contribution in [2.75, 3.05) is 20.2 Å². The van der Waals surface area contributed by atoms with Gasteiger partial charge in [0.1, 0.15) is 11.5 Å². The lowest BCUT2D eigenvalue weighted by molar-refractivity contribution is -0.152. The van der Waals surface area contributed by atoms with Crippen molar-refractivity contribution in [1.82, 2.24) is 10.3 Å². The Morgan fingerprint density at radius 2 is 1.81 bits per heavy atom. The van der Waals surface area contributed by atoms with Gasteiger partial charge < -0.3 is 25.0 Å². The van der Waals surface area contributed by atoms with Crippen LogP contribution in [0.4, 0.5) is 13.2 Å². The van der Waals surface area contributed by atoms with Crippen molar-refractivity contribution in [3.05, 3.63) is 88.2 Å². The topological polar surface area (TPSA) is 83.8 Å². The number of ether oxygens (including phenoxy) is 2. The maximum Gasteiger partial charge on any atom is 0.401 e. The molecule has 0 spiro atoms. The monoisotopic (exact) mass is 564 g/mol. The van der Waals surface area contributed by atoms with Gasteiger partial charge in [-0.1, -0.05) is 58.4 Å². The molecular weight excluding hydrogens is 541 g/mol. The number of aliphatic hydroxyl groups excluding tert-OH is 1. The number of hydrogen-bond acceptors (Lipinski definition) is 6. The third-order valence-corrected chi connectivity index (χ3v) is 7.68. The second-order valence-corrected chi connectivity index (χ2v) is 9.98. The Labute approximate surface area is 214 Å². The Morgan fingerprint density at radius 3 is 2.44 bits per heavy atom. The van der Waals surface area contributed by atoms with Gasteiger partial charge in [-0.25, -0.2) is 0 Å². The van der Waals surface area contributed by atoms with E-state index >= 15 is 0 Å². The van der Waals surface area contributed by atoms with Crippen LogP contribution in [0.25, 0.3) is 0 Å². The highest BCUT2D eigenvalue weighted by Crippen LogP contribution is 2.69. The lowest BCUT2D eigenvalue weighted by Crippen LogP contribution is -2.52. The normalized spacial score (nSPS) is 28.9. The molecule has 0 radical (unpaired) electrons. The van der Waals surface area contributed by atoms with Gasteiger partial charge in [-0.15, -0.1) is 0 Å². The Kier molecular flexibility index (Phi) is 6.27. The number of alkyl halides is 3. The molecule has 6 nitrogen and oxygen atoms in total. The number of nitrogens with one attached hydrogen (secondary N) is 1. The van der Waals surface area contributed by atoms with Crippen LogP contribution in [0, 0.1) is 5.92 Å². The largest absolute Gasteiger partial charge is 0.495 e. The van der Waals surface area contributed by atoms with Gasteiger partial charge in [0.2, 0.25) is 0 Å². The fourth-order valence-corrected chi connectivity index (χ4v) is 6.10. The van der Waals surface area contributed by atoms with Crippen molar-refractivity contribution in [2.45, 2.75) is 29.4 Å². The maximum atomic E-state index is 13.0. The van der Waals surface area contributed by atoms with Crippen LogP contribution < -0.4 is 14.8 Å². The molecule has 10 heteroatoms. The Bertz CT molecular complexity index is 1240. The SMILES string of the molecule is COc1cncc2c1[C@]1(O)[C@H](O)[C@H](CNCC(F)(F)F)[C@@H](c3ccccc3)[C@]1(c1ccc(Br)cc1)O2. The van der Waals surface area contributed by atoms with Crippen LogP contribution in [0.1, 0.15) is 22.6 Å². The average Bonchev–Trinajstić information content (AvgIpc) is 3.22. The third kappa shape index (κ3) is 3.70. The number of benzene rings is 2. The summed E-state index contributed by atoms with van der Waals surface area (Å²) in [7, 11) is 1.42. The standard InChI is InChI=1S/C26H24BrF3N2O4/c1-35-19-12-31-13-20-22(19)25(34)23(33)18(11-32-14-24(28,29)30)21(15-5-3-2-4-6-15)26(25,36-20)16-7-9-17(27)10-8-16/h2-10,12-13,18,21,23,32-34H,11,14H2,1H3/t18-,21-,23-,25+,26+/m1/s1. The molecule has 2 heterocycles. The molecule has 190 valence electrons. The van der Waals surface area contributed by atoms with Gasteiger partial charge in [0, 0.05) is 22.9 Å². The van der Waals surface area contributed by atoms with Crippen molar-refractivity contribution >= 4 is 15.9 Å². The molecule has 0 unspecified atom stereocenters. The van der Waals surface area contributed by atoms with Crippen LogP contribution >= 0.6 is 15.9 Å². The van der Waals surface area contributed by atoms with Gasteiger partial charge in [-0.05, 0) is 23.3 Å². The van der Waals surface area contributed by atoms with Crippen LogP contribution in [-0.4, -0.2) is 47.7 Å². The van der Waals surface area contributed by atoms with E-state index in [1.165, 1.54) is 19.5 Å². The molecule has 1 saturated carbocycles. The number of methoxy groups -OCH3 is 1. The van der Waals surface area contributed by atoms with Gasteiger partial charge in [0.15, 0.2) is 11.2 Å². The highest BCUT2D eigenvalue weighted by molar-refractivity contribution is 9.10. The smallest absolute Gasteiger partial charge is 0.401 e. The van der Waals surface area contributed by atoms with E-state index in [1.807, 2.05) is 18.2 Å². The first kappa shape index (κ1) is 25.0. The van der Waals surface area contributed by atoms with E-state index in [2.05, 4.69) is 26.2 Å². The predicted molar refractivity (Wildman–Crippen MR) is 129 cm³/mol. The van der Waals surface area contributed by atoms with Crippen molar-refractivity contribution in [2.24, 2.45) is 5.92 Å². The molecular formula is C26H24BrF3N2O4. The summed E-state index contributed by atoms with van der Waals surface area (Å²) < 4.78 is 51.9. The van der Waals surface area contributed by atoms with E-state index in [0.717, 1.165) is 4.47 Å². The minimum absolute atomic E-state index is 0.212. The molecule has 1 aliphatic carbocycles. The van der Waals surface area contributed by atoms with Crippen molar-refractivity contribution in [3.8, 4) is 11.5 Å². The molecule has 2 aromatic carbocycles. The van der Waals surface area contributed by atoms with Crippen LogP contribution in [-0.2, 0) is 11.2 Å². The Balaban J connectivity index is 1.76. The predicted octanol–water partition coefficient (Wildman–Crippen LogP) is 4.25. The van der Waals surface area contributed by atoms with E-state index in [-0.39, 0.29) is 23.6 Å². The molecule has 0 bridgehead atoms. The van der Waals surface area contributed by atoms with E-state index < -0.39 is 41.9 Å². The summed E-state index contributed by atoms with van der Waals surface area (Å²) >= 11 is 3.43. The fraction of sp³-hybridized carbons (Fsp3) is 0.346. The van der Waals surface area contributed by atoms with E-state index in [1.54, 1.807) is 36.4 Å². The van der Waals surface area contributed by atoms with Crippen molar-refractivity contribution in [3.63, 3.8) is 0 Å². The summed E-state index contributed by atoms with van der Waals surface area (Å²) in [5.41, 5.74) is -2.17. The third-order valence-electron chi connectivity index (χ3n) is 7.15. The van der Waals surface area contributed by atoms with Gasteiger partial charge >= 0.3 is 6.18 Å². The molecule has 0 saturated heterocycles. The van der Waals surface area contributed by atoms with Crippen molar-refractivity contribution < 1.29 is 32.9 Å². The number of nitrogens with zero attached hydrogens (tertiary/aromatic N) is 1. The number of hydrogen-bond donors (Lipinski definition) is 3.